The van der Waals surface area contributed by atoms with Gasteiger partial charge in [0.15, 0.2) is 0 Å². The number of halogens is 2. The Morgan fingerprint density at radius 2 is 2.18 bits per heavy atom. The van der Waals surface area contributed by atoms with Crippen LogP contribution in [0.15, 0.2) is 24.4 Å². The second kappa shape index (κ2) is 4.74. The molecule has 86 valence electrons. The van der Waals surface area contributed by atoms with Crippen LogP contribution in [-0.4, -0.2) is 14.8 Å². The van der Waals surface area contributed by atoms with E-state index < -0.39 is 5.92 Å². The average molecular weight is 267 g/mol. The van der Waals surface area contributed by atoms with E-state index in [0.717, 1.165) is 0 Å². The first-order valence-electron chi connectivity index (χ1n) is 4.83. The minimum absolute atomic E-state index is 0.350. The smallest absolute Gasteiger partial charge is 0.131 e. The molecule has 2 aromatic rings. The van der Waals surface area contributed by atoms with Crippen molar-refractivity contribution in [3.05, 3.63) is 46.0 Å². The Hall–Kier alpha value is -1.57. The predicted molar refractivity (Wildman–Crippen MR) is 64.9 cm³/mol. The van der Waals surface area contributed by atoms with E-state index in [9.17, 15) is 5.26 Å². The van der Waals surface area contributed by atoms with Gasteiger partial charge < -0.3 is 0 Å². The van der Waals surface area contributed by atoms with Gasteiger partial charge in [-0.2, -0.15) is 10.4 Å². The van der Waals surface area contributed by atoms with Gasteiger partial charge in [-0.1, -0.05) is 29.3 Å². The molecule has 0 fully saturated rings. The highest BCUT2D eigenvalue weighted by molar-refractivity contribution is 6.30. The van der Waals surface area contributed by atoms with Gasteiger partial charge in [-0.3, -0.25) is 4.68 Å². The first kappa shape index (κ1) is 11.9. The number of hydrogen-bond acceptors (Lipinski definition) is 3. The van der Waals surface area contributed by atoms with Crippen LogP contribution in [-0.2, 0) is 7.05 Å². The van der Waals surface area contributed by atoms with Crippen LogP contribution in [0.2, 0.25) is 10.3 Å². The molecule has 0 saturated carbocycles. The van der Waals surface area contributed by atoms with Crippen LogP contribution < -0.4 is 0 Å². The van der Waals surface area contributed by atoms with Crippen molar-refractivity contribution in [2.24, 2.45) is 7.05 Å². The lowest BCUT2D eigenvalue weighted by Crippen LogP contribution is -2.01. The maximum Gasteiger partial charge on any atom is 0.131 e. The third-order valence-corrected chi connectivity index (χ3v) is 3.04. The second-order valence-corrected chi connectivity index (χ2v) is 4.21. The van der Waals surface area contributed by atoms with E-state index in [1.165, 1.54) is 4.68 Å². The Bertz CT molecular complexity index is 585. The van der Waals surface area contributed by atoms with E-state index in [0.29, 0.717) is 21.6 Å². The van der Waals surface area contributed by atoms with Crippen molar-refractivity contribution in [3.63, 3.8) is 0 Å². The highest BCUT2D eigenvalue weighted by atomic mass is 35.5. The van der Waals surface area contributed by atoms with E-state index in [1.807, 2.05) is 0 Å². The van der Waals surface area contributed by atoms with Crippen molar-refractivity contribution < 1.29 is 0 Å². The Morgan fingerprint density at radius 3 is 2.71 bits per heavy atom. The summed E-state index contributed by atoms with van der Waals surface area (Å²) in [6.45, 7) is 0. The monoisotopic (exact) mass is 266 g/mol. The molecule has 1 atom stereocenters. The number of rotatable bonds is 2. The molecule has 0 aliphatic rings. The lowest BCUT2D eigenvalue weighted by atomic mass is 10.00. The van der Waals surface area contributed by atoms with E-state index in [1.54, 1.807) is 31.4 Å². The number of aromatic nitrogens is 3. The van der Waals surface area contributed by atoms with Crippen molar-refractivity contribution in [1.82, 2.24) is 14.8 Å². The maximum atomic E-state index is 9.23. The number of hydrogen-bond donors (Lipinski definition) is 0. The molecule has 0 amide bonds. The molecule has 0 aromatic carbocycles. The predicted octanol–water partition coefficient (Wildman–Crippen LogP) is 2.78. The van der Waals surface area contributed by atoms with Crippen LogP contribution in [0.3, 0.4) is 0 Å². The minimum atomic E-state index is -0.560. The van der Waals surface area contributed by atoms with Gasteiger partial charge >= 0.3 is 0 Å². The topological polar surface area (TPSA) is 54.5 Å². The molecule has 0 aliphatic heterocycles. The summed E-state index contributed by atoms with van der Waals surface area (Å²) < 4.78 is 1.51. The van der Waals surface area contributed by atoms with E-state index >= 15 is 0 Å². The van der Waals surface area contributed by atoms with E-state index in [2.05, 4.69) is 16.2 Å². The average Bonchev–Trinajstić information content (AvgIpc) is 2.63. The Kier molecular flexibility index (Phi) is 3.32. The zero-order valence-electron chi connectivity index (χ0n) is 8.93. The molecule has 6 heteroatoms. The molecule has 0 saturated heterocycles. The Labute approximate surface area is 108 Å². The fraction of sp³-hybridized carbons (Fsp3) is 0.182. The maximum absolute atomic E-state index is 9.23. The minimum Gasteiger partial charge on any atom is -0.257 e. The zero-order chi connectivity index (χ0) is 12.4. The first-order valence-corrected chi connectivity index (χ1v) is 5.58. The number of pyridine rings is 1. The molecule has 0 bridgehead atoms. The molecule has 17 heavy (non-hydrogen) atoms. The van der Waals surface area contributed by atoms with Crippen LogP contribution >= 0.6 is 23.2 Å². The van der Waals surface area contributed by atoms with Gasteiger partial charge in [0.25, 0.3) is 0 Å². The molecule has 2 rings (SSSR count). The summed E-state index contributed by atoms with van der Waals surface area (Å²) in [5.41, 5.74) is 1.20. The van der Waals surface area contributed by atoms with E-state index in [4.69, 9.17) is 23.2 Å². The van der Waals surface area contributed by atoms with Crippen molar-refractivity contribution >= 4 is 23.2 Å². The second-order valence-electron chi connectivity index (χ2n) is 3.46. The molecule has 0 N–H and O–H groups in total. The summed E-state index contributed by atoms with van der Waals surface area (Å²) in [6, 6.07) is 7.30. The summed E-state index contributed by atoms with van der Waals surface area (Å²) in [5, 5.41) is 14.0. The van der Waals surface area contributed by atoms with Gasteiger partial charge in [-0.15, -0.1) is 0 Å². The van der Waals surface area contributed by atoms with Gasteiger partial charge in [0.1, 0.15) is 16.2 Å². The molecule has 4 nitrogen and oxygen atoms in total. The third-order valence-electron chi connectivity index (χ3n) is 2.36. The SMILES string of the molecule is Cn1ncc(C(C#N)c2cccc(Cl)n2)c1Cl. The highest BCUT2D eigenvalue weighted by Gasteiger charge is 2.20. The fourth-order valence-electron chi connectivity index (χ4n) is 1.51. The van der Waals surface area contributed by atoms with Crippen LogP contribution in [0.5, 0.6) is 0 Å². The summed E-state index contributed by atoms with van der Waals surface area (Å²) in [4.78, 5) is 4.12. The summed E-state index contributed by atoms with van der Waals surface area (Å²) >= 11 is 11.9. The third kappa shape index (κ3) is 2.26. The van der Waals surface area contributed by atoms with Crippen molar-refractivity contribution in [3.8, 4) is 6.07 Å². The Balaban J connectivity index is 2.48. The molecule has 2 heterocycles. The lowest BCUT2D eigenvalue weighted by molar-refractivity contribution is 0.767. The van der Waals surface area contributed by atoms with Gasteiger partial charge in [0, 0.05) is 12.6 Å². The standard InChI is InChI=1S/C11H8Cl2N4/c1-17-11(13)8(6-15-17)7(5-14)9-3-2-4-10(12)16-9/h2-4,6-7H,1H3. The van der Waals surface area contributed by atoms with Crippen LogP contribution in [0.1, 0.15) is 17.2 Å². The van der Waals surface area contributed by atoms with Gasteiger partial charge in [-0.25, -0.2) is 4.98 Å². The largest absolute Gasteiger partial charge is 0.257 e. The molecule has 1 unspecified atom stereocenters. The molecular formula is C11H8Cl2N4. The number of aryl methyl sites for hydroxylation is 1. The summed E-state index contributed by atoms with van der Waals surface area (Å²) in [6.07, 6.45) is 1.57. The van der Waals surface area contributed by atoms with Gasteiger partial charge in [-0.05, 0) is 12.1 Å². The lowest BCUT2D eigenvalue weighted by Gasteiger charge is -2.07. The molecule has 0 radical (unpaired) electrons. The summed E-state index contributed by atoms with van der Waals surface area (Å²) in [7, 11) is 1.71. The molecule has 0 aliphatic carbocycles. The molecular weight excluding hydrogens is 259 g/mol. The normalized spacial score (nSPS) is 12.1. The fourth-order valence-corrected chi connectivity index (χ4v) is 1.88. The molecule has 2 aromatic heterocycles. The van der Waals surface area contributed by atoms with Crippen LogP contribution in [0.25, 0.3) is 0 Å². The summed E-state index contributed by atoms with van der Waals surface area (Å²) in [5.74, 6) is -0.560. The zero-order valence-corrected chi connectivity index (χ0v) is 10.4. The van der Waals surface area contributed by atoms with Crippen LogP contribution in [0.4, 0.5) is 0 Å². The van der Waals surface area contributed by atoms with Gasteiger partial charge in [0.2, 0.25) is 0 Å². The van der Waals surface area contributed by atoms with Crippen molar-refractivity contribution in [2.45, 2.75) is 5.92 Å². The van der Waals surface area contributed by atoms with Crippen LogP contribution in [0, 0.1) is 11.3 Å². The van der Waals surface area contributed by atoms with Gasteiger partial charge in [0.05, 0.1) is 18.0 Å². The number of nitrogens with zero attached hydrogens (tertiary/aromatic N) is 4. The van der Waals surface area contributed by atoms with Crippen molar-refractivity contribution in [1.29, 1.82) is 5.26 Å². The van der Waals surface area contributed by atoms with E-state index in [-0.39, 0.29) is 0 Å². The van der Waals surface area contributed by atoms with Crippen molar-refractivity contribution in [2.75, 3.05) is 0 Å². The highest BCUT2D eigenvalue weighted by Crippen LogP contribution is 2.28. The number of nitriles is 1. The first-order chi connectivity index (χ1) is 8.13. The quantitative estimate of drug-likeness (QED) is 0.786. The molecule has 0 spiro atoms. The Morgan fingerprint density at radius 1 is 1.41 bits per heavy atom.